The van der Waals surface area contributed by atoms with Crippen molar-refractivity contribution in [2.45, 2.75) is 12.6 Å². The van der Waals surface area contributed by atoms with Crippen LogP contribution in [0.3, 0.4) is 0 Å². The molecule has 1 aromatic rings. The van der Waals surface area contributed by atoms with Gasteiger partial charge in [-0.25, -0.2) is 0 Å². The fraction of sp³-hybridized carbons (Fsp3) is 0.500. The molecule has 2 heterocycles. The molecule has 0 spiro atoms. The molecule has 0 bridgehead atoms. The Morgan fingerprint density at radius 2 is 2.35 bits per heavy atom. The fourth-order valence-electron chi connectivity index (χ4n) is 1.90. The van der Waals surface area contributed by atoms with E-state index in [1.807, 2.05) is 12.1 Å². The quantitative estimate of drug-likeness (QED) is 0.713. The van der Waals surface area contributed by atoms with E-state index >= 15 is 0 Å². The van der Waals surface area contributed by atoms with Crippen LogP contribution >= 0.6 is 0 Å². The van der Waals surface area contributed by atoms with E-state index in [1.54, 1.807) is 12.4 Å². The molecular weight excluding hydrogens is 220 g/mol. The molecule has 0 aliphatic carbocycles. The zero-order chi connectivity index (χ0) is 12.1. The smallest absolute Gasteiger partial charge is 0.325 e. The number of nitrogens with zero attached hydrogens (tertiary/aromatic N) is 2. The van der Waals surface area contributed by atoms with Gasteiger partial charge in [0.05, 0.1) is 20.3 Å². The molecule has 92 valence electrons. The van der Waals surface area contributed by atoms with E-state index in [2.05, 4.69) is 9.88 Å². The number of esters is 1. The minimum Gasteiger partial charge on any atom is -0.468 e. The summed E-state index contributed by atoms with van der Waals surface area (Å²) in [6.45, 7) is 2.50. The van der Waals surface area contributed by atoms with Crippen molar-refractivity contribution in [2.24, 2.45) is 0 Å². The zero-order valence-electron chi connectivity index (χ0n) is 9.83. The fourth-order valence-corrected chi connectivity index (χ4v) is 1.90. The lowest BCUT2D eigenvalue weighted by Gasteiger charge is -2.33. The SMILES string of the molecule is COC(=O)C1COCCN1Cc1ccncc1. The van der Waals surface area contributed by atoms with Crippen molar-refractivity contribution in [3.63, 3.8) is 0 Å². The van der Waals surface area contributed by atoms with E-state index in [-0.39, 0.29) is 12.0 Å². The summed E-state index contributed by atoms with van der Waals surface area (Å²) in [5.41, 5.74) is 1.14. The van der Waals surface area contributed by atoms with Crippen molar-refractivity contribution in [3.05, 3.63) is 30.1 Å². The van der Waals surface area contributed by atoms with E-state index in [0.717, 1.165) is 12.1 Å². The second kappa shape index (κ2) is 5.75. The van der Waals surface area contributed by atoms with Crippen molar-refractivity contribution in [1.82, 2.24) is 9.88 Å². The highest BCUT2D eigenvalue weighted by atomic mass is 16.5. The Bertz CT molecular complexity index is 369. The number of hydrogen-bond donors (Lipinski definition) is 0. The Morgan fingerprint density at radius 1 is 1.59 bits per heavy atom. The van der Waals surface area contributed by atoms with Gasteiger partial charge in [-0.05, 0) is 17.7 Å². The minimum atomic E-state index is -0.304. The molecule has 1 fully saturated rings. The molecule has 1 atom stereocenters. The third-order valence-corrected chi connectivity index (χ3v) is 2.85. The lowest BCUT2D eigenvalue weighted by molar-refractivity contribution is -0.153. The summed E-state index contributed by atoms with van der Waals surface area (Å²) in [5.74, 6) is -0.237. The molecule has 0 saturated carbocycles. The molecule has 5 nitrogen and oxygen atoms in total. The molecule has 1 saturated heterocycles. The second-order valence-corrected chi connectivity index (χ2v) is 3.94. The summed E-state index contributed by atoms with van der Waals surface area (Å²) in [5, 5.41) is 0. The highest BCUT2D eigenvalue weighted by Gasteiger charge is 2.29. The number of aromatic nitrogens is 1. The third kappa shape index (κ3) is 3.01. The van der Waals surface area contributed by atoms with E-state index in [0.29, 0.717) is 19.8 Å². The molecule has 5 heteroatoms. The lowest BCUT2D eigenvalue weighted by Crippen LogP contribution is -2.49. The molecule has 0 N–H and O–H groups in total. The van der Waals surface area contributed by atoms with Crippen molar-refractivity contribution in [1.29, 1.82) is 0 Å². The topological polar surface area (TPSA) is 51.7 Å². The maximum atomic E-state index is 11.6. The third-order valence-electron chi connectivity index (χ3n) is 2.85. The van der Waals surface area contributed by atoms with Crippen LogP contribution in [0.1, 0.15) is 5.56 Å². The van der Waals surface area contributed by atoms with Crippen molar-refractivity contribution >= 4 is 5.97 Å². The second-order valence-electron chi connectivity index (χ2n) is 3.94. The summed E-state index contributed by atoms with van der Waals surface area (Å²) >= 11 is 0. The van der Waals surface area contributed by atoms with Gasteiger partial charge in [-0.3, -0.25) is 14.7 Å². The standard InChI is InChI=1S/C12H16N2O3/c1-16-12(15)11-9-17-7-6-14(11)8-10-2-4-13-5-3-10/h2-5,11H,6-9H2,1H3. The number of pyridine rings is 1. The molecule has 1 aliphatic heterocycles. The van der Waals surface area contributed by atoms with Crippen molar-refractivity contribution in [2.75, 3.05) is 26.9 Å². The van der Waals surface area contributed by atoms with Crippen LogP contribution in [0.25, 0.3) is 0 Å². The number of carbonyl (C=O) groups is 1. The van der Waals surface area contributed by atoms with E-state index in [1.165, 1.54) is 7.11 Å². The molecule has 1 aliphatic rings. The summed E-state index contributed by atoms with van der Waals surface area (Å²) in [4.78, 5) is 17.7. The Morgan fingerprint density at radius 3 is 3.06 bits per heavy atom. The summed E-state index contributed by atoms with van der Waals surface area (Å²) in [6.07, 6.45) is 3.51. The van der Waals surface area contributed by atoms with Gasteiger partial charge in [0.2, 0.25) is 0 Å². The Kier molecular flexibility index (Phi) is 4.06. The molecule has 0 aromatic carbocycles. The predicted octanol–water partition coefficient (Wildman–Crippen LogP) is 0.455. The molecule has 17 heavy (non-hydrogen) atoms. The molecule has 2 rings (SSSR count). The van der Waals surface area contributed by atoms with E-state index in [4.69, 9.17) is 9.47 Å². The van der Waals surface area contributed by atoms with Crippen molar-refractivity contribution < 1.29 is 14.3 Å². The molecule has 0 radical (unpaired) electrons. The van der Waals surface area contributed by atoms with Gasteiger partial charge in [0.25, 0.3) is 0 Å². The summed E-state index contributed by atoms with van der Waals surface area (Å²) in [6, 6.07) is 3.59. The van der Waals surface area contributed by atoms with Gasteiger partial charge in [0.15, 0.2) is 0 Å². The Hall–Kier alpha value is -1.46. The average molecular weight is 236 g/mol. The van der Waals surface area contributed by atoms with Crippen LogP contribution in [0.15, 0.2) is 24.5 Å². The zero-order valence-corrected chi connectivity index (χ0v) is 9.83. The molecule has 0 amide bonds. The van der Waals surface area contributed by atoms with E-state index in [9.17, 15) is 4.79 Å². The highest BCUT2D eigenvalue weighted by Crippen LogP contribution is 2.12. The first-order valence-corrected chi connectivity index (χ1v) is 5.60. The van der Waals surface area contributed by atoms with Crippen LogP contribution < -0.4 is 0 Å². The first-order valence-electron chi connectivity index (χ1n) is 5.60. The van der Waals surface area contributed by atoms with Gasteiger partial charge in [0.1, 0.15) is 6.04 Å². The Labute approximate surface area is 100 Å². The molecular formula is C12H16N2O3. The van der Waals surface area contributed by atoms with Gasteiger partial charge in [-0.15, -0.1) is 0 Å². The van der Waals surface area contributed by atoms with Gasteiger partial charge < -0.3 is 9.47 Å². The summed E-state index contributed by atoms with van der Waals surface area (Å²) < 4.78 is 10.1. The number of methoxy groups -OCH3 is 1. The first-order chi connectivity index (χ1) is 8.31. The first kappa shape index (κ1) is 12.0. The summed E-state index contributed by atoms with van der Waals surface area (Å²) in [7, 11) is 1.40. The van der Waals surface area contributed by atoms with E-state index < -0.39 is 0 Å². The van der Waals surface area contributed by atoms with Crippen LogP contribution in [0.2, 0.25) is 0 Å². The average Bonchev–Trinajstić information content (AvgIpc) is 2.40. The lowest BCUT2D eigenvalue weighted by atomic mass is 10.2. The largest absolute Gasteiger partial charge is 0.468 e. The van der Waals surface area contributed by atoms with Gasteiger partial charge >= 0.3 is 5.97 Å². The molecule has 1 unspecified atom stereocenters. The normalized spacial score (nSPS) is 21.1. The minimum absolute atomic E-state index is 0.237. The highest BCUT2D eigenvalue weighted by molar-refractivity contribution is 5.75. The number of morpholine rings is 1. The Balaban J connectivity index is 2.04. The maximum Gasteiger partial charge on any atom is 0.325 e. The number of ether oxygens (including phenoxy) is 2. The van der Waals surface area contributed by atoms with Crippen LogP contribution in [0.4, 0.5) is 0 Å². The van der Waals surface area contributed by atoms with Crippen LogP contribution in [-0.4, -0.2) is 48.8 Å². The van der Waals surface area contributed by atoms with Crippen LogP contribution in [-0.2, 0) is 20.8 Å². The van der Waals surface area contributed by atoms with Gasteiger partial charge in [-0.1, -0.05) is 0 Å². The van der Waals surface area contributed by atoms with Crippen molar-refractivity contribution in [3.8, 4) is 0 Å². The number of rotatable bonds is 3. The van der Waals surface area contributed by atoms with Crippen LogP contribution in [0.5, 0.6) is 0 Å². The maximum absolute atomic E-state index is 11.6. The van der Waals surface area contributed by atoms with Gasteiger partial charge in [-0.2, -0.15) is 0 Å². The van der Waals surface area contributed by atoms with Gasteiger partial charge in [0, 0.05) is 25.5 Å². The number of carbonyl (C=O) groups excluding carboxylic acids is 1. The van der Waals surface area contributed by atoms with Crippen LogP contribution in [0, 0.1) is 0 Å². The predicted molar refractivity (Wildman–Crippen MR) is 61.3 cm³/mol. The number of hydrogen-bond acceptors (Lipinski definition) is 5. The monoisotopic (exact) mass is 236 g/mol. The molecule has 1 aromatic heterocycles.